The Kier molecular flexibility index (Phi) is 6.70. The van der Waals surface area contributed by atoms with E-state index >= 15 is 0 Å². The normalized spacial score (nSPS) is 15.9. The van der Waals surface area contributed by atoms with Gasteiger partial charge in [-0.05, 0) is 36.3 Å². The molecule has 1 atom stereocenters. The maximum atomic E-state index is 13.4. The van der Waals surface area contributed by atoms with Crippen LogP contribution in [0.1, 0.15) is 24.0 Å². The second-order valence-electron chi connectivity index (χ2n) is 7.08. The van der Waals surface area contributed by atoms with Crippen molar-refractivity contribution in [1.29, 1.82) is 5.26 Å². The summed E-state index contributed by atoms with van der Waals surface area (Å²) in [5.74, 6) is -1.37. The third-order valence-corrected chi connectivity index (χ3v) is 7.72. The van der Waals surface area contributed by atoms with E-state index in [-0.39, 0.29) is 23.6 Å². The lowest BCUT2D eigenvalue weighted by Gasteiger charge is -2.25. The number of ether oxygens (including phenoxy) is 1. The molecular formula is C24H17Br2N3O3S. The summed E-state index contributed by atoms with van der Waals surface area (Å²) in [6.45, 7) is 1.86. The molecule has 0 saturated carbocycles. The van der Waals surface area contributed by atoms with Gasteiger partial charge in [-0.3, -0.25) is 9.36 Å². The highest BCUT2D eigenvalue weighted by Gasteiger charge is 2.37. The van der Waals surface area contributed by atoms with Gasteiger partial charge in [0.05, 0.1) is 34.3 Å². The summed E-state index contributed by atoms with van der Waals surface area (Å²) in [4.78, 5) is 26.5. The first-order chi connectivity index (χ1) is 15.9. The van der Waals surface area contributed by atoms with Crippen molar-refractivity contribution in [3.05, 3.63) is 93.7 Å². The fourth-order valence-corrected chi connectivity index (χ4v) is 5.78. The number of fused-ring (bicyclic) bond motifs is 1. The van der Waals surface area contributed by atoms with Crippen LogP contribution in [-0.4, -0.2) is 17.1 Å². The lowest BCUT2D eigenvalue weighted by molar-refractivity contribution is -0.136. The molecule has 9 heteroatoms. The van der Waals surface area contributed by atoms with E-state index in [0.29, 0.717) is 19.2 Å². The molecule has 0 bridgehead atoms. The van der Waals surface area contributed by atoms with Gasteiger partial charge in [-0.1, -0.05) is 68.3 Å². The van der Waals surface area contributed by atoms with Crippen LogP contribution in [-0.2, 0) is 9.53 Å². The molecule has 1 aliphatic rings. The Balaban J connectivity index is 2.14. The van der Waals surface area contributed by atoms with Crippen molar-refractivity contribution in [2.24, 2.45) is 5.73 Å². The first-order valence-corrected chi connectivity index (χ1v) is 12.3. The van der Waals surface area contributed by atoms with Crippen LogP contribution in [0.2, 0.25) is 0 Å². The first kappa shape index (κ1) is 23.2. The molecule has 0 fully saturated rings. The van der Waals surface area contributed by atoms with Crippen molar-refractivity contribution in [2.45, 2.75) is 12.8 Å². The van der Waals surface area contributed by atoms with E-state index in [2.05, 4.69) is 37.9 Å². The van der Waals surface area contributed by atoms with Crippen LogP contribution in [0, 0.1) is 11.3 Å². The highest BCUT2D eigenvalue weighted by molar-refractivity contribution is 9.10. The number of nitrogens with zero attached hydrogens (tertiary/aromatic N) is 2. The van der Waals surface area contributed by atoms with Crippen LogP contribution >= 0.6 is 43.2 Å². The summed E-state index contributed by atoms with van der Waals surface area (Å²) in [5, 5.41) is 10.0. The number of carbonyl (C=O) groups is 1. The van der Waals surface area contributed by atoms with Gasteiger partial charge in [0.15, 0.2) is 0 Å². The minimum Gasteiger partial charge on any atom is -0.463 e. The summed E-state index contributed by atoms with van der Waals surface area (Å²) in [7, 11) is 0. The second kappa shape index (κ2) is 9.51. The van der Waals surface area contributed by atoms with Crippen molar-refractivity contribution in [3.8, 4) is 6.07 Å². The Morgan fingerprint density at radius 1 is 1.21 bits per heavy atom. The van der Waals surface area contributed by atoms with Crippen LogP contribution in [0.5, 0.6) is 0 Å². The number of halogens is 2. The van der Waals surface area contributed by atoms with Crippen molar-refractivity contribution in [3.63, 3.8) is 0 Å². The molecule has 166 valence electrons. The molecule has 0 aliphatic carbocycles. The zero-order valence-corrected chi connectivity index (χ0v) is 21.3. The number of rotatable bonds is 4. The van der Waals surface area contributed by atoms with E-state index in [4.69, 9.17) is 10.5 Å². The zero-order chi connectivity index (χ0) is 23.7. The first-order valence-electron chi connectivity index (χ1n) is 9.93. The number of hydrogen-bond acceptors (Lipinski definition) is 6. The van der Waals surface area contributed by atoms with Gasteiger partial charge >= 0.3 is 5.97 Å². The molecule has 0 radical (unpaired) electrons. The molecule has 2 aromatic carbocycles. The Morgan fingerprint density at radius 2 is 1.88 bits per heavy atom. The average molecular weight is 587 g/mol. The monoisotopic (exact) mass is 585 g/mol. The van der Waals surface area contributed by atoms with Gasteiger partial charge in [0, 0.05) is 8.95 Å². The van der Waals surface area contributed by atoms with Gasteiger partial charge in [-0.15, -0.1) is 11.3 Å². The number of hydrogen-bond donors (Lipinski definition) is 1. The predicted molar refractivity (Wildman–Crippen MR) is 135 cm³/mol. The number of benzene rings is 2. The van der Waals surface area contributed by atoms with E-state index in [0.717, 1.165) is 21.4 Å². The number of carbonyl (C=O) groups excluding carboxylic acids is 1. The lowest BCUT2D eigenvalue weighted by atomic mass is 9.84. The van der Waals surface area contributed by atoms with Gasteiger partial charge in [0.2, 0.25) is 0 Å². The quantitative estimate of drug-likeness (QED) is 0.472. The molecule has 2 N–H and O–H groups in total. The highest BCUT2D eigenvalue weighted by Crippen LogP contribution is 2.39. The number of aromatic nitrogens is 1. The van der Waals surface area contributed by atoms with E-state index in [1.54, 1.807) is 13.0 Å². The van der Waals surface area contributed by atoms with Gasteiger partial charge in [0.1, 0.15) is 10.5 Å². The van der Waals surface area contributed by atoms with E-state index in [1.807, 2.05) is 48.5 Å². The molecule has 3 aromatic rings. The molecule has 0 unspecified atom stereocenters. The number of thiazole rings is 1. The number of nitrogens with two attached hydrogens (primary N) is 1. The average Bonchev–Trinajstić information content (AvgIpc) is 3.11. The number of allylic oxidation sites excluding steroid dienone is 1. The molecule has 2 heterocycles. The molecule has 33 heavy (non-hydrogen) atoms. The third-order valence-electron chi connectivity index (χ3n) is 5.17. The standard InChI is InChI=1S/C24H17Br2N3O3S/c1-2-32-24(31)20-19(14-8-4-6-10-17(14)26)15(12-27)21(28)29-22(30)18(33-23(20)29)11-13-7-3-5-9-16(13)25/h3-11,19H,2,28H2,1H3/b18-11+/t19-/m1/s1. The van der Waals surface area contributed by atoms with Gasteiger partial charge in [-0.25, -0.2) is 4.79 Å². The van der Waals surface area contributed by atoms with Crippen molar-refractivity contribution >= 4 is 66.6 Å². The molecule has 4 rings (SSSR count). The molecule has 1 aliphatic heterocycles. The van der Waals surface area contributed by atoms with E-state index < -0.39 is 17.4 Å². The maximum absolute atomic E-state index is 13.4. The second-order valence-corrected chi connectivity index (χ2v) is 9.82. The minimum absolute atomic E-state index is 0.00864. The predicted octanol–water partition coefficient (Wildman–Crippen LogP) is 3.43. The Labute approximate surface area is 210 Å². The van der Waals surface area contributed by atoms with Crippen molar-refractivity contribution in [1.82, 2.24) is 4.57 Å². The molecule has 0 spiro atoms. The van der Waals surface area contributed by atoms with Crippen LogP contribution in [0.15, 0.2) is 67.8 Å². The Bertz CT molecular complexity index is 1530. The van der Waals surface area contributed by atoms with Crippen LogP contribution in [0.25, 0.3) is 17.5 Å². The Hall–Kier alpha value is -2.93. The fourth-order valence-electron chi connectivity index (χ4n) is 3.71. The Morgan fingerprint density at radius 3 is 2.52 bits per heavy atom. The smallest absolute Gasteiger partial charge is 0.338 e. The summed E-state index contributed by atoms with van der Waals surface area (Å²) in [6.07, 6.45) is 1.73. The third kappa shape index (κ3) is 4.10. The van der Waals surface area contributed by atoms with Gasteiger partial charge < -0.3 is 10.5 Å². The summed E-state index contributed by atoms with van der Waals surface area (Å²) in [6, 6.07) is 16.9. The van der Waals surface area contributed by atoms with Crippen LogP contribution in [0.4, 0.5) is 0 Å². The molecule has 0 amide bonds. The van der Waals surface area contributed by atoms with Crippen molar-refractivity contribution < 1.29 is 9.53 Å². The SMILES string of the molecule is CCOC(=O)C1=c2s/c(=C/c3ccccc3Br)c(=O)n2C(N)=C(C#N)[C@H]1c1ccccc1Br. The van der Waals surface area contributed by atoms with Gasteiger partial charge in [-0.2, -0.15) is 5.26 Å². The van der Waals surface area contributed by atoms with E-state index in [9.17, 15) is 14.9 Å². The number of esters is 1. The summed E-state index contributed by atoms with van der Waals surface area (Å²) < 4.78 is 8.87. The van der Waals surface area contributed by atoms with E-state index in [1.165, 1.54) is 4.57 Å². The van der Waals surface area contributed by atoms with Crippen LogP contribution in [0.3, 0.4) is 0 Å². The summed E-state index contributed by atoms with van der Waals surface area (Å²) in [5.41, 5.74) is 7.79. The molecule has 6 nitrogen and oxygen atoms in total. The fraction of sp³-hybridized carbons (Fsp3) is 0.125. The molecule has 0 saturated heterocycles. The maximum Gasteiger partial charge on any atom is 0.338 e. The minimum atomic E-state index is -0.779. The van der Waals surface area contributed by atoms with Crippen LogP contribution < -0.4 is 20.5 Å². The molecule has 1 aromatic heterocycles. The molecular weight excluding hydrogens is 570 g/mol. The zero-order valence-electron chi connectivity index (χ0n) is 17.3. The summed E-state index contributed by atoms with van der Waals surface area (Å²) >= 11 is 8.16. The lowest BCUT2D eigenvalue weighted by Crippen LogP contribution is -2.40. The van der Waals surface area contributed by atoms with Gasteiger partial charge in [0.25, 0.3) is 5.56 Å². The number of nitriles is 1. The highest BCUT2D eigenvalue weighted by atomic mass is 79.9. The topological polar surface area (TPSA) is 98.1 Å². The largest absolute Gasteiger partial charge is 0.463 e. The van der Waals surface area contributed by atoms with Crippen molar-refractivity contribution in [2.75, 3.05) is 6.61 Å².